The monoisotopic (exact) mass is 230 g/mol. The Hall–Kier alpha value is -1.68. The lowest BCUT2D eigenvalue weighted by molar-refractivity contribution is 0.719. The highest BCUT2D eigenvalue weighted by Crippen LogP contribution is 2.22. The van der Waals surface area contributed by atoms with Gasteiger partial charge in [-0.3, -0.25) is 4.98 Å². The quantitative estimate of drug-likeness (QED) is 0.866. The van der Waals surface area contributed by atoms with E-state index in [-0.39, 0.29) is 0 Å². The summed E-state index contributed by atoms with van der Waals surface area (Å²) in [5.74, 6) is 1.11. The van der Waals surface area contributed by atoms with E-state index >= 15 is 0 Å². The Labute approximate surface area is 102 Å². The minimum atomic E-state index is 0.939. The lowest BCUT2D eigenvalue weighted by Gasteiger charge is -2.06. The fourth-order valence-electron chi connectivity index (χ4n) is 2.06. The molecule has 4 heteroatoms. The smallest absolute Gasteiger partial charge is 0.110 e. The number of nitrogens with one attached hydrogen (secondary N) is 1. The molecule has 4 nitrogen and oxygen atoms in total. The minimum absolute atomic E-state index is 0.939. The maximum absolute atomic E-state index is 4.62. The van der Waals surface area contributed by atoms with E-state index in [2.05, 4.69) is 33.0 Å². The summed E-state index contributed by atoms with van der Waals surface area (Å²) < 4.78 is 2.16. The van der Waals surface area contributed by atoms with Crippen molar-refractivity contribution in [3.63, 3.8) is 0 Å². The molecule has 0 saturated carbocycles. The van der Waals surface area contributed by atoms with Crippen LogP contribution in [0.5, 0.6) is 0 Å². The van der Waals surface area contributed by atoms with Crippen LogP contribution in [0.2, 0.25) is 0 Å². The number of imidazole rings is 1. The highest BCUT2D eigenvalue weighted by molar-refractivity contribution is 5.61. The first kappa shape index (κ1) is 11.8. The second kappa shape index (κ2) is 5.10. The molecular formula is C13H18N4. The van der Waals surface area contributed by atoms with Gasteiger partial charge in [0.05, 0.1) is 11.4 Å². The van der Waals surface area contributed by atoms with Gasteiger partial charge in [-0.1, -0.05) is 0 Å². The van der Waals surface area contributed by atoms with Gasteiger partial charge in [0, 0.05) is 38.0 Å². The van der Waals surface area contributed by atoms with Crippen molar-refractivity contribution in [2.24, 2.45) is 7.05 Å². The summed E-state index contributed by atoms with van der Waals surface area (Å²) in [6, 6.07) is 4.02. The highest BCUT2D eigenvalue weighted by Gasteiger charge is 2.12. The molecule has 0 fully saturated rings. The lowest BCUT2D eigenvalue weighted by atomic mass is 10.2. The molecule has 0 amide bonds. The van der Waals surface area contributed by atoms with Crippen molar-refractivity contribution in [3.05, 3.63) is 36.0 Å². The van der Waals surface area contributed by atoms with Gasteiger partial charge in [-0.25, -0.2) is 4.98 Å². The van der Waals surface area contributed by atoms with E-state index in [0.29, 0.717) is 0 Å². The molecule has 1 N–H and O–H groups in total. The summed E-state index contributed by atoms with van der Waals surface area (Å²) in [5.41, 5.74) is 3.34. The molecule has 0 spiro atoms. The van der Waals surface area contributed by atoms with Gasteiger partial charge in [0.25, 0.3) is 0 Å². The van der Waals surface area contributed by atoms with Crippen molar-refractivity contribution in [1.82, 2.24) is 19.9 Å². The van der Waals surface area contributed by atoms with Gasteiger partial charge in [-0.2, -0.15) is 0 Å². The second-order valence-corrected chi connectivity index (χ2v) is 4.12. The fraction of sp³-hybridized carbons (Fsp3) is 0.385. The minimum Gasteiger partial charge on any atom is -0.331 e. The van der Waals surface area contributed by atoms with E-state index < -0.39 is 0 Å². The fourth-order valence-corrected chi connectivity index (χ4v) is 2.06. The number of rotatable bonds is 4. The van der Waals surface area contributed by atoms with Gasteiger partial charge in [0.15, 0.2) is 0 Å². The van der Waals surface area contributed by atoms with Crippen molar-refractivity contribution >= 4 is 0 Å². The number of hydrogen-bond donors (Lipinski definition) is 1. The van der Waals surface area contributed by atoms with Gasteiger partial charge in [0.1, 0.15) is 5.82 Å². The van der Waals surface area contributed by atoms with Gasteiger partial charge in [-0.15, -0.1) is 0 Å². The van der Waals surface area contributed by atoms with Crippen LogP contribution >= 0.6 is 0 Å². The number of hydrogen-bond acceptors (Lipinski definition) is 3. The molecule has 0 unspecified atom stereocenters. The van der Waals surface area contributed by atoms with E-state index in [1.54, 1.807) is 6.20 Å². The molecule has 2 aromatic rings. The summed E-state index contributed by atoms with van der Waals surface area (Å²) >= 11 is 0. The topological polar surface area (TPSA) is 42.7 Å². The first-order valence-corrected chi connectivity index (χ1v) is 5.81. The maximum atomic E-state index is 4.62. The molecule has 17 heavy (non-hydrogen) atoms. The molecule has 90 valence electrons. The third-order valence-corrected chi connectivity index (χ3v) is 2.90. The highest BCUT2D eigenvalue weighted by atomic mass is 15.1. The van der Waals surface area contributed by atoms with Crippen LogP contribution < -0.4 is 5.32 Å². The Morgan fingerprint density at radius 2 is 2.24 bits per heavy atom. The molecule has 0 aromatic carbocycles. The number of nitrogens with zero attached hydrogens (tertiary/aromatic N) is 3. The predicted octanol–water partition coefficient (Wildman–Crippen LogP) is 1.55. The van der Waals surface area contributed by atoms with Crippen LogP contribution in [0, 0.1) is 6.92 Å². The van der Waals surface area contributed by atoms with E-state index in [1.807, 2.05) is 26.2 Å². The zero-order chi connectivity index (χ0) is 12.3. The van der Waals surface area contributed by atoms with Crippen LogP contribution in [0.1, 0.15) is 11.5 Å². The van der Waals surface area contributed by atoms with E-state index in [4.69, 9.17) is 0 Å². The van der Waals surface area contributed by atoms with Crippen molar-refractivity contribution in [2.75, 3.05) is 13.6 Å². The summed E-state index contributed by atoms with van der Waals surface area (Å²) in [6.07, 6.45) is 4.61. The Morgan fingerprint density at radius 1 is 1.41 bits per heavy atom. The average molecular weight is 230 g/mol. The molecule has 0 aliphatic rings. The van der Waals surface area contributed by atoms with Gasteiger partial charge >= 0.3 is 0 Å². The largest absolute Gasteiger partial charge is 0.331 e. The number of aryl methyl sites for hydroxylation is 1. The second-order valence-electron chi connectivity index (χ2n) is 4.12. The molecular weight excluding hydrogens is 212 g/mol. The van der Waals surface area contributed by atoms with Gasteiger partial charge in [-0.05, 0) is 26.1 Å². The van der Waals surface area contributed by atoms with Crippen molar-refractivity contribution in [2.45, 2.75) is 13.3 Å². The Balaban J connectivity index is 2.38. The molecule has 2 heterocycles. The zero-order valence-corrected chi connectivity index (χ0v) is 10.6. The molecule has 0 bridgehead atoms. The Morgan fingerprint density at radius 3 is 2.88 bits per heavy atom. The van der Waals surface area contributed by atoms with Crippen LogP contribution in [0.15, 0.2) is 24.5 Å². The summed E-state index contributed by atoms with van der Waals surface area (Å²) in [4.78, 5) is 8.78. The van der Waals surface area contributed by atoms with Crippen LogP contribution in [0.4, 0.5) is 0 Å². The third kappa shape index (κ3) is 2.36. The molecule has 0 saturated heterocycles. The van der Waals surface area contributed by atoms with Gasteiger partial charge in [0.2, 0.25) is 0 Å². The van der Waals surface area contributed by atoms with Crippen molar-refractivity contribution < 1.29 is 0 Å². The third-order valence-electron chi connectivity index (χ3n) is 2.90. The van der Waals surface area contributed by atoms with Crippen LogP contribution in [-0.2, 0) is 13.5 Å². The van der Waals surface area contributed by atoms with E-state index in [0.717, 1.165) is 35.7 Å². The van der Waals surface area contributed by atoms with E-state index in [1.165, 1.54) is 0 Å². The summed E-state index contributed by atoms with van der Waals surface area (Å²) in [5, 5.41) is 3.15. The lowest BCUT2D eigenvalue weighted by Crippen LogP contribution is -2.13. The van der Waals surface area contributed by atoms with E-state index in [9.17, 15) is 0 Å². The van der Waals surface area contributed by atoms with Crippen molar-refractivity contribution in [1.29, 1.82) is 0 Å². The summed E-state index contributed by atoms with van der Waals surface area (Å²) in [7, 11) is 4.02. The Bertz CT molecular complexity index is 488. The summed E-state index contributed by atoms with van der Waals surface area (Å²) in [6.45, 7) is 2.99. The molecule has 0 aliphatic heterocycles. The SMILES string of the molecule is CNCCc1nc(C)c(-c2cccnc2)n1C. The van der Waals surface area contributed by atoms with Crippen LogP contribution in [-0.4, -0.2) is 28.1 Å². The first-order chi connectivity index (χ1) is 8.24. The van der Waals surface area contributed by atoms with Crippen molar-refractivity contribution in [3.8, 4) is 11.3 Å². The first-order valence-electron chi connectivity index (χ1n) is 5.81. The van der Waals surface area contributed by atoms with Crippen LogP contribution in [0.25, 0.3) is 11.3 Å². The Kier molecular flexibility index (Phi) is 3.54. The standard InChI is InChI=1S/C13H18N4/c1-10-13(11-5-4-7-15-9-11)17(3)12(16-10)6-8-14-2/h4-5,7,9,14H,6,8H2,1-3H3. The molecule has 0 atom stereocenters. The number of aromatic nitrogens is 3. The molecule has 2 aromatic heterocycles. The number of likely N-dealkylation sites (N-methyl/N-ethyl adjacent to an activating group) is 1. The average Bonchev–Trinajstić information content (AvgIpc) is 2.63. The molecule has 2 rings (SSSR count). The molecule has 0 aliphatic carbocycles. The number of pyridine rings is 1. The van der Waals surface area contributed by atoms with Crippen LogP contribution in [0.3, 0.4) is 0 Å². The van der Waals surface area contributed by atoms with Gasteiger partial charge < -0.3 is 9.88 Å². The maximum Gasteiger partial charge on any atom is 0.110 e. The molecule has 0 radical (unpaired) electrons. The normalized spacial score (nSPS) is 10.8. The predicted molar refractivity (Wildman–Crippen MR) is 68.8 cm³/mol. The zero-order valence-electron chi connectivity index (χ0n) is 10.6.